The second kappa shape index (κ2) is 3.56. The van der Waals surface area contributed by atoms with Gasteiger partial charge in [-0.15, -0.1) is 11.6 Å². The molecule has 16 heavy (non-hydrogen) atoms. The van der Waals surface area contributed by atoms with Crippen molar-refractivity contribution < 1.29 is 9.47 Å². The molecule has 2 aliphatic rings. The minimum Gasteiger partial charge on any atom is -0.486 e. The van der Waals surface area contributed by atoms with Crippen molar-refractivity contribution in [3.8, 4) is 11.5 Å². The Balaban J connectivity index is 1.92. The van der Waals surface area contributed by atoms with Crippen LogP contribution in [0.25, 0.3) is 0 Å². The Morgan fingerprint density at radius 2 is 2.06 bits per heavy atom. The zero-order chi connectivity index (χ0) is 11.2. The fraction of sp³-hybridized carbons (Fsp3) is 0.538. The van der Waals surface area contributed by atoms with Crippen molar-refractivity contribution >= 4 is 11.6 Å². The maximum absolute atomic E-state index is 5.92. The highest BCUT2D eigenvalue weighted by molar-refractivity contribution is 6.18. The predicted octanol–water partition coefficient (Wildman–Crippen LogP) is 2.97. The highest BCUT2D eigenvalue weighted by atomic mass is 35.5. The lowest BCUT2D eigenvalue weighted by Gasteiger charge is -2.20. The summed E-state index contributed by atoms with van der Waals surface area (Å²) in [5.74, 6) is 3.09. The number of alkyl halides is 1. The van der Waals surface area contributed by atoms with Crippen LogP contribution < -0.4 is 9.47 Å². The SMILES string of the molecule is CC1(c2ccc3c(c2)OCCO3)CC1CCl. The zero-order valence-electron chi connectivity index (χ0n) is 9.33. The van der Waals surface area contributed by atoms with E-state index in [4.69, 9.17) is 21.1 Å². The lowest BCUT2D eigenvalue weighted by molar-refractivity contribution is 0.171. The first kappa shape index (κ1) is 10.3. The molecular formula is C13H15ClO2. The number of rotatable bonds is 2. The van der Waals surface area contributed by atoms with E-state index < -0.39 is 0 Å². The van der Waals surface area contributed by atoms with Gasteiger partial charge in [-0.1, -0.05) is 13.0 Å². The molecule has 2 nitrogen and oxygen atoms in total. The van der Waals surface area contributed by atoms with Crippen LogP contribution in [0.2, 0.25) is 0 Å². The third kappa shape index (κ3) is 1.47. The Kier molecular flexibility index (Phi) is 2.28. The Labute approximate surface area is 101 Å². The summed E-state index contributed by atoms with van der Waals surface area (Å²) >= 11 is 5.92. The summed E-state index contributed by atoms with van der Waals surface area (Å²) in [5.41, 5.74) is 1.57. The monoisotopic (exact) mass is 238 g/mol. The molecule has 0 radical (unpaired) electrons. The Morgan fingerprint density at radius 3 is 2.75 bits per heavy atom. The van der Waals surface area contributed by atoms with Gasteiger partial charge in [0.15, 0.2) is 11.5 Å². The lowest BCUT2D eigenvalue weighted by atomic mass is 9.95. The van der Waals surface area contributed by atoms with Gasteiger partial charge in [0.05, 0.1) is 0 Å². The Bertz CT molecular complexity index is 418. The average Bonchev–Trinajstić information content (AvgIpc) is 3.01. The first-order valence-electron chi connectivity index (χ1n) is 5.70. The summed E-state index contributed by atoms with van der Waals surface area (Å²) in [6.45, 7) is 3.56. The molecule has 0 bridgehead atoms. The van der Waals surface area contributed by atoms with Crippen LogP contribution in [0.4, 0.5) is 0 Å². The second-order valence-corrected chi connectivity index (χ2v) is 5.14. The van der Waals surface area contributed by atoms with Crippen molar-refractivity contribution in [3.05, 3.63) is 23.8 Å². The summed E-state index contributed by atoms with van der Waals surface area (Å²) in [7, 11) is 0. The fourth-order valence-corrected chi connectivity index (χ4v) is 2.88. The van der Waals surface area contributed by atoms with Crippen LogP contribution in [0.15, 0.2) is 18.2 Å². The largest absolute Gasteiger partial charge is 0.486 e. The van der Waals surface area contributed by atoms with Gasteiger partial charge in [0.25, 0.3) is 0 Å². The lowest BCUT2D eigenvalue weighted by Crippen LogP contribution is -2.16. The van der Waals surface area contributed by atoms with Gasteiger partial charge in [-0.2, -0.15) is 0 Å². The highest BCUT2D eigenvalue weighted by Gasteiger charge is 2.50. The van der Waals surface area contributed by atoms with E-state index in [9.17, 15) is 0 Å². The molecule has 86 valence electrons. The van der Waals surface area contributed by atoms with E-state index in [1.807, 2.05) is 6.07 Å². The summed E-state index contributed by atoms with van der Waals surface area (Å²) in [4.78, 5) is 0. The highest BCUT2D eigenvalue weighted by Crippen LogP contribution is 2.55. The number of ether oxygens (including phenoxy) is 2. The van der Waals surface area contributed by atoms with E-state index in [1.165, 1.54) is 12.0 Å². The molecule has 1 saturated carbocycles. The number of hydrogen-bond donors (Lipinski definition) is 0. The predicted molar refractivity (Wildman–Crippen MR) is 63.6 cm³/mol. The topological polar surface area (TPSA) is 18.5 Å². The molecule has 1 aromatic rings. The van der Waals surface area contributed by atoms with E-state index in [0.29, 0.717) is 19.1 Å². The van der Waals surface area contributed by atoms with Crippen molar-refractivity contribution in [3.63, 3.8) is 0 Å². The van der Waals surface area contributed by atoms with E-state index in [1.54, 1.807) is 0 Å². The fourth-order valence-electron chi connectivity index (χ4n) is 2.43. The van der Waals surface area contributed by atoms with E-state index in [0.717, 1.165) is 17.4 Å². The zero-order valence-corrected chi connectivity index (χ0v) is 10.1. The standard InChI is InChI=1S/C13H15ClO2/c1-13(7-10(13)8-14)9-2-3-11-12(6-9)16-5-4-15-11/h2-3,6,10H,4-5,7-8H2,1H3. The second-order valence-electron chi connectivity index (χ2n) is 4.83. The third-order valence-corrected chi connectivity index (χ3v) is 4.17. The van der Waals surface area contributed by atoms with Gasteiger partial charge >= 0.3 is 0 Å². The molecule has 3 heteroatoms. The van der Waals surface area contributed by atoms with Gasteiger partial charge in [-0.25, -0.2) is 0 Å². The van der Waals surface area contributed by atoms with Gasteiger partial charge in [0.2, 0.25) is 0 Å². The molecule has 0 N–H and O–H groups in total. The average molecular weight is 239 g/mol. The van der Waals surface area contributed by atoms with Crippen molar-refractivity contribution in [2.45, 2.75) is 18.8 Å². The molecule has 0 spiro atoms. The van der Waals surface area contributed by atoms with Gasteiger partial charge in [0, 0.05) is 5.88 Å². The maximum atomic E-state index is 5.92. The van der Waals surface area contributed by atoms with Crippen LogP contribution in [0.3, 0.4) is 0 Å². The number of halogens is 1. The molecule has 3 rings (SSSR count). The van der Waals surface area contributed by atoms with Gasteiger partial charge < -0.3 is 9.47 Å². The first-order chi connectivity index (χ1) is 7.74. The maximum Gasteiger partial charge on any atom is 0.161 e. The number of hydrogen-bond acceptors (Lipinski definition) is 2. The molecule has 1 aliphatic heterocycles. The molecule has 1 heterocycles. The van der Waals surface area contributed by atoms with Crippen molar-refractivity contribution in [1.29, 1.82) is 0 Å². The number of benzene rings is 1. The van der Waals surface area contributed by atoms with Crippen molar-refractivity contribution in [1.82, 2.24) is 0 Å². The minimum atomic E-state index is 0.248. The Hall–Kier alpha value is -0.890. The van der Waals surface area contributed by atoms with Crippen molar-refractivity contribution in [2.24, 2.45) is 5.92 Å². The molecule has 2 unspecified atom stereocenters. The summed E-state index contributed by atoms with van der Waals surface area (Å²) < 4.78 is 11.1. The third-order valence-electron chi connectivity index (χ3n) is 3.80. The number of fused-ring (bicyclic) bond motifs is 1. The van der Waals surface area contributed by atoms with Crippen LogP contribution >= 0.6 is 11.6 Å². The molecule has 1 aliphatic carbocycles. The molecular weight excluding hydrogens is 224 g/mol. The van der Waals surface area contributed by atoms with Gasteiger partial charge in [-0.3, -0.25) is 0 Å². The molecule has 0 amide bonds. The normalized spacial score (nSPS) is 31.2. The van der Waals surface area contributed by atoms with Gasteiger partial charge in [-0.05, 0) is 35.4 Å². The van der Waals surface area contributed by atoms with Gasteiger partial charge in [0.1, 0.15) is 13.2 Å². The van der Waals surface area contributed by atoms with Crippen LogP contribution in [0.1, 0.15) is 18.9 Å². The molecule has 2 atom stereocenters. The molecule has 1 aromatic carbocycles. The van der Waals surface area contributed by atoms with Crippen LogP contribution in [0.5, 0.6) is 11.5 Å². The molecule has 1 fully saturated rings. The molecule has 0 aromatic heterocycles. The van der Waals surface area contributed by atoms with Crippen LogP contribution in [-0.4, -0.2) is 19.1 Å². The van der Waals surface area contributed by atoms with E-state index in [-0.39, 0.29) is 5.41 Å². The minimum absolute atomic E-state index is 0.248. The molecule has 0 saturated heterocycles. The smallest absolute Gasteiger partial charge is 0.161 e. The van der Waals surface area contributed by atoms with E-state index in [2.05, 4.69) is 19.1 Å². The summed E-state index contributed by atoms with van der Waals surface area (Å²) in [6.07, 6.45) is 1.18. The first-order valence-corrected chi connectivity index (χ1v) is 6.23. The summed E-state index contributed by atoms with van der Waals surface area (Å²) in [6, 6.07) is 6.26. The van der Waals surface area contributed by atoms with Crippen LogP contribution in [0, 0.1) is 5.92 Å². The van der Waals surface area contributed by atoms with Crippen molar-refractivity contribution in [2.75, 3.05) is 19.1 Å². The summed E-state index contributed by atoms with van der Waals surface area (Å²) in [5, 5.41) is 0. The Morgan fingerprint density at radius 1 is 1.31 bits per heavy atom. The van der Waals surface area contributed by atoms with E-state index >= 15 is 0 Å². The van der Waals surface area contributed by atoms with Crippen LogP contribution in [-0.2, 0) is 5.41 Å². The quantitative estimate of drug-likeness (QED) is 0.738.